The minimum absolute atomic E-state index is 0.0127. The number of aliphatic imine (C=N–C) groups is 1. The average molecular weight is 581 g/mol. The first-order chi connectivity index (χ1) is 20.7. The number of ether oxygens (including phenoxy) is 3. The summed E-state index contributed by atoms with van der Waals surface area (Å²) >= 11 is 0. The Morgan fingerprint density at radius 1 is 0.791 bits per heavy atom. The number of carbonyl (C=O) groups is 4. The van der Waals surface area contributed by atoms with Gasteiger partial charge >= 0.3 is 11.9 Å². The number of nitrogens with zero attached hydrogens (tertiary/aromatic N) is 1. The van der Waals surface area contributed by atoms with Crippen LogP contribution in [0.3, 0.4) is 0 Å². The van der Waals surface area contributed by atoms with Crippen LogP contribution in [0.25, 0.3) is 0 Å². The second-order valence-corrected chi connectivity index (χ2v) is 9.13. The van der Waals surface area contributed by atoms with Crippen LogP contribution in [0.4, 0.5) is 11.4 Å². The zero-order valence-electron chi connectivity index (χ0n) is 23.3. The lowest BCUT2D eigenvalue weighted by molar-refractivity contribution is 0.0471. The Balaban J connectivity index is 1.55. The van der Waals surface area contributed by atoms with Gasteiger partial charge in [-0.05, 0) is 67.1 Å². The van der Waals surface area contributed by atoms with E-state index in [4.69, 9.17) is 25.7 Å². The van der Waals surface area contributed by atoms with Gasteiger partial charge in [-0.25, -0.2) is 14.6 Å². The van der Waals surface area contributed by atoms with Gasteiger partial charge in [-0.2, -0.15) is 0 Å². The Morgan fingerprint density at radius 3 is 2.12 bits per heavy atom. The van der Waals surface area contributed by atoms with Crippen molar-refractivity contribution >= 4 is 41.0 Å². The van der Waals surface area contributed by atoms with E-state index in [1.165, 1.54) is 61.5 Å². The summed E-state index contributed by atoms with van der Waals surface area (Å²) in [5.41, 5.74) is 12.1. The number of esters is 2. The van der Waals surface area contributed by atoms with Gasteiger partial charge in [-0.15, -0.1) is 0 Å². The van der Waals surface area contributed by atoms with Gasteiger partial charge in [0.25, 0.3) is 5.91 Å². The zero-order valence-corrected chi connectivity index (χ0v) is 23.3. The van der Waals surface area contributed by atoms with Gasteiger partial charge in [-0.3, -0.25) is 9.59 Å². The summed E-state index contributed by atoms with van der Waals surface area (Å²) in [7, 11) is 1.54. The van der Waals surface area contributed by atoms with E-state index >= 15 is 0 Å². The van der Waals surface area contributed by atoms with Crippen LogP contribution in [0.1, 0.15) is 53.9 Å². The van der Waals surface area contributed by atoms with E-state index in [-0.39, 0.29) is 46.3 Å². The van der Waals surface area contributed by atoms with Crippen molar-refractivity contribution < 1.29 is 33.4 Å². The fourth-order valence-electron chi connectivity index (χ4n) is 4.03. The van der Waals surface area contributed by atoms with Crippen molar-refractivity contribution in [3.05, 3.63) is 119 Å². The van der Waals surface area contributed by atoms with E-state index in [1.54, 1.807) is 43.5 Å². The zero-order chi connectivity index (χ0) is 30.9. The van der Waals surface area contributed by atoms with Crippen molar-refractivity contribution in [3.8, 4) is 11.5 Å². The van der Waals surface area contributed by atoms with Crippen molar-refractivity contribution in [3.63, 3.8) is 0 Å². The number of carbonyl (C=O) groups excluding carboxylic acids is 4. The molecular formula is C32H28N4O7. The molecule has 4 aromatic rings. The number of rotatable bonds is 10. The number of hydrogen-bond acceptors (Lipinski definition) is 8. The molecule has 0 saturated carbocycles. The highest BCUT2D eigenvalue weighted by Crippen LogP contribution is 2.26. The Hall–Kier alpha value is -5.97. The minimum Gasteiger partial charge on any atom is -0.497 e. The van der Waals surface area contributed by atoms with E-state index < -0.39 is 23.6 Å². The number of Topliss-reactive ketones (excluding diaryl/α,β-unsaturated/α-hetero) is 1. The fraction of sp³-hybridized carbons (Fsp3) is 0.0938. The van der Waals surface area contributed by atoms with Crippen LogP contribution in [0.15, 0.2) is 96.0 Å². The maximum atomic E-state index is 13.4. The first-order valence-corrected chi connectivity index (χ1v) is 12.9. The van der Waals surface area contributed by atoms with Crippen LogP contribution in [-0.2, 0) is 11.3 Å². The van der Waals surface area contributed by atoms with Crippen molar-refractivity contribution in [2.24, 2.45) is 16.5 Å². The summed E-state index contributed by atoms with van der Waals surface area (Å²) in [6.45, 7) is 1.23. The lowest BCUT2D eigenvalue weighted by atomic mass is 10.0. The SMILES string of the molecule is COc1ccc(COC(=O)c2c(NC(=O)c3ccccc3OC(=O)c3ccc(N=C(N)N)cc3)cccc2C(C)=O)cc1. The van der Waals surface area contributed by atoms with E-state index in [1.807, 2.05) is 0 Å². The number of nitrogens with one attached hydrogen (secondary N) is 1. The molecule has 11 heteroatoms. The first-order valence-electron chi connectivity index (χ1n) is 12.9. The average Bonchev–Trinajstić information content (AvgIpc) is 3.00. The highest BCUT2D eigenvalue weighted by atomic mass is 16.5. The van der Waals surface area contributed by atoms with E-state index in [0.29, 0.717) is 17.0 Å². The van der Waals surface area contributed by atoms with Gasteiger partial charge in [0.1, 0.15) is 18.1 Å². The first kappa shape index (κ1) is 30.0. The maximum Gasteiger partial charge on any atom is 0.343 e. The molecule has 0 aliphatic heterocycles. The molecule has 0 unspecified atom stereocenters. The van der Waals surface area contributed by atoms with Gasteiger partial charge in [0, 0.05) is 5.56 Å². The standard InChI is InChI=1S/C32H28N4O7/c1-19(37)24-7-5-8-26(28(24)31(40)42-18-20-10-16-23(41-2)17-11-20)36-29(38)25-6-3-4-9-27(25)43-30(39)21-12-14-22(15-13-21)35-32(33)34/h3-17H,18H2,1-2H3,(H,36,38)(H4,33,34,35). The predicted molar refractivity (Wildman–Crippen MR) is 160 cm³/mol. The van der Waals surface area contributed by atoms with Gasteiger partial charge < -0.3 is 31.0 Å². The fourth-order valence-corrected chi connectivity index (χ4v) is 4.03. The van der Waals surface area contributed by atoms with E-state index in [9.17, 15) is 19.2 Å². The lowest BCUT2D eigenvalue weighted by Gasteiger charge is -2.15. The molecule has 0 saturated heterocycles. The number of ketones is 1. The summed E-state index contributed by atoms with van der Waals surface area (Å²) in [6.07, 6.45) is 0. The molecular weight excluding hydrogens is 552 g/mol. The van der Waals surface area contributed by atoms with E-state index in [2.05, 4.69) is 10.3 Å². The molecule has 0 fully saturated rings. The number of guanidine groups is 1. The van der Waals surface area contributed by atoms with Crippen molar-refractivity contribution in [2.75, 3.05) is 12.4 Å². The van der Waals surface area contributed by atoms with Crippen molar-refractivity contribution in [1.82, 2.24) is 0 Å². The Labute approximate surface area is 247 Å². The monoisotopic (exact) mass is 580 g/mol. The molecule has 0 aliphatic carbocycles. The third-order valence-corrected chi connectivity index (χ3v) is 6.12. The summed E-state index contributed by atoms with van der Waals surface area (Å²) in [6, 6.07) is 23.5. The third kappa shape index (κ3) is 7.61. The minimum atomic E-state index is -0.805. The quantitative estimate of drug-likeness (QED) is 0.0795. The highest BCUT2D eigenvalue weighted by molar-refractivity contribution is 6.13. The van der Waals surface area contributed by atoms with Crippen LogP contribution < -0.4 is 26.3 Å². The number of anilines is 1. The molecule has 4 rings (SSSR count). The summed E-state index contributed by atoms with van der Waals surface area (Å²) in [5.74, 6) is -2.11. The molecule has 0 aromatic heterocycles. The number of hydrogen-bond donors (Lipinski definition) is 3. The molecule has 0 radical (unpaired) electrons. The number of benzene rings is 4. The molecule has 0 spiro atoms. The van der Waals surface area contributed by atoms with Gasteiger partial charge in [0.2, 0.25) is 0 Å². The van der Waals surface area contributed by atoms with Crippen molar-refractivity contribution in [2.45, 2.75) is 13.5 Å². The second-order valence-electron chi connectivity index (χ2n) is 9.13. The van der Waals surface area contributed by atoms with Gasteiger partial charge in [0.05, 0.1) is 35.2 Å². The molecule has 0 bridgehead atoms. The van der Waals surface area contributed by atoms with Crippen LogP contribution in [0.5, 0.6) is 11.5 Å². The highest BCUT2D eigenvalue weighted by Gasteiger charge is 2.24. The molecule has 43 heavy (non-hydrogen) atoms. The smallest absolute Gasteiger partial charge is 0.343 e. The summed E-state index contributed by atoms with van der Waals surface area (Å²) < 4.78 is 16.1. The molecule has 0 heterocycles. The Morgan fingerprint density at radius 2 is 1.47 bits per heavy atom. The number of para-hydroxylation sites is 1. The Bertz CT molecular complexity index is 1690. The molecule has 11 nitrogen and oxygen atoms in total. The van der Waals surface area contributed by atoms with Gasteiger partial charge in [-0.1, -0.05) is 36.4 Å². The van der Waals surface area contributed by atoms with Crippen LogP contribution in [0, 0.1) is 0 Å². The number of amides is 1. The molecule has 1 amide bonds. The van der Waals surface area contributed by atoms with Crippen LogP contribution in [0.2, 0.25) is 0 Å². The topological polar surface area (TPSA) is 172 Å². The van der Waals surface area contributed by atoms with Gasteiger partial charge in [0.15, 0.2) is 11.7 Å². The largest absolute Gasteiger partial charge is 0.497 e. The molecule has 218 valence electrons. The molecule has 5 N–H and O–H groups in total. The second kappa shape index (κ2) is 13.6. The van der Waals surface area contributed by atoms with E-state index in [0.717, 1.165) is 0 Å². The number of methoxy groups -OCH3 is 1. The predicted octanol–water partition coefficient (Wildman–Crippen LogP) is 4.63. The molecule has 0 atom stereocenters. The van der Waals surface area contributed by atoms with Crippen LogP contribution in [-0.4, -0.2) is 36.7 Å². The summed E-state index contributed by atoms with van der Waals surface area (Å²) in [5, 5.41) is 2.66. The maximum absolute atomic E-state index is 13.4. The summed E-state index contributed by atoms with van der Waals surface area (Å²) in [4.78, 5) is 55.7. The third-order valence-electron chi connectivity index (χ3n) is 6.12. The lowest BCUT2D eigenvalue weighted by Crippen LogP contribution is -2.21. The molecule has 4 aromatic carbocycles. The Kier molecular flexibility index (Phi) is 9.48. The number of nitrogens with two attached hydrogens (primary N) is 2. The van der Waals surface area contributed by atoms with Crippen molar-refractivity contribution in [1.29, 1.82) is 0 Å². The normalized spacial score (nSPS) is 10.3. The molecule has 0 aliphatic rings. The van der Waals surface area contributed by atoms with Crippen LogP contribution >= 0.6 is 0 Å².